The van der Waals surface area contributed by atoms with Crippen LogP contribution < -0.4 is 10.2 Å². The summed E-state index contributed by atoms with van der Waals surface area (Å²) in [6.45, 7) is 3.25. The Bertz CT molecular complexity index is 613. The lowest BCUT2D eigenvalue weighted by molar-refractivity contribution is 0.345. The van der Waals surface area contributed by atoms with Crippen molar-refractivity contribution in [3.05, 3.63) is 12.1 Å². The minimum atomic E-state index is 0.574. The van der Waals surface area contributed by atoms with Crippen LogP contribution in [-0.2, 0) is 0 Å². The maximum Gasteiger partial charge on any atom is 0.200 e. The fourth-order valence-electron chi connectivity index (χ4n) is 3.80. The summed E-state index contributed by atoms with van der Waals surface area (Å²) in [5, 5.41) is 19.8. The third kappa shape index (κ3) is 2.35. The molecule has 0 radical (unpaired) electrons. The van der Waals surface area contributed by atoms with E-state index in [4.69, 9.17) is 0 Å². The molecule has 112 valence electrons. The van der Waals surface area contributed by atoms with E-state index in [9.17, 15) is 0 Å². The molecule has 2 aromatic rings. The molecule has 0 aliphatic carbocycles. The average Bonchev–Trinajstić information content (AvgIpc) is 3.10. The second-order valence-electron chi connectivity index (χ2n) is 6.17. The lowest BCUT2D eigenvalue weighted by Gasteiger charge is -2.38. The van der Waals surface area contributed by atoms with Crippen molar-refractivity contribution in [2.24, 2.45) is 0 Å². The molecule has 2 aliphatic heterocycles. The molecule has 2 unspecified atom stereocenters. The molecule has 0 aromatic carbocycles. The molecule has 7 heteroatoms. The summed E-state index contributed by atoms with van der Waals surface area (Å²) in [4.78, 5) is 2.45. The Morgan fingerprint density at radius 1 is 1.29 bits per heavy atom. The summed E-state index contributed by atoms with van der Waals surface area (Å²) < 4.78 is 1.52. The number of anilines is 1. The van der Waals surface area contributed by atoms with Crippen molar-refractivity contribution in [3.63, 3.8) is 0 Å². The van der Waals surface area contributed by atoms with Gasteiger partial charge >= 0.3 is 0 Å². The Kier molecular flexibility index (Phi) is 3.21. The van der Waals surface area contributed by atoms with Crippen molar-refractivity contribution in [2.75, 3.05) is 11.4 Å². The van der Waals surface area contributed by atoms with E-state index >= 15 is 0 Å². The number of aromatic nitrogens is 5. The minimum Gasteiger partial charge on any atom is -0.352 e. The van der Waals surface area contributed by atoms with E-state index in [0.717, 1.165) is 18.8 Å². The SMILES string of the molecule is CCCN(c1ccc2nnnn2n1)C1CC2CCC(C1)N2. The van der Waals surface area contributed by atoms with Crippen molar-refractivity contribution in [2.45, 2.75) is 57.2 Å². The van der Waals surface area contributed by atoms with Crippen LogP contribution in [0.25, 0.3) is 5.65 Å². The van der Waals surface area contributed by atoms with Crippen LogP contribution >= 0.6 is 0 Å². The molecule has 21 heavy (non-hydrogen) atoms. The summed E-state index contributed by atoms with van der Waals surface area (Å²) in [6, 6.07) is 5.94. The Morgan fingerprint density at radius 2 is 2.10 bits per heavy atom. The zero-order valence-corrected chi connectivity index (χ0v) is 12.3. The molecule has 2 saturated heterocycles. The van der Waals surface area contributed by atoms with E-state index in [1.54, 1.807) is 0 Å². The van der Waals surface area contributed by atoms with Crippen LogP contribution in [0.15, 0.2) is 12.1 Å². The highest BCUT2D eigenvalue weighted by molar-refractivity contribution is 5.45. The molecular formula is C14H21N7. The first kappa shape index (κ1) is 12.9. The molecule has 0 spiro atoms. The third-order valence-corrected chi connectivity index (χ3v) is 4.70. The van der Waals surface area contributed by atoms with Gasteiger partial charge in [0, 0.05) is 24.7 Å². The van der Waals surface area contributed by atoms with Gasteiger partial charge in [-0.25, -0.2) is 0 Å². The van der Waals surface area contributed by atoms with Gasteiger partial charge in [-0.05, 0) is 54.7 Å². The van der Waals surface area contributed by atoms with Crippen molar-refractivity contribution in [1.29, 1.82) is 0 Å². The highest BCUT2D eigenvalue weighted by Crippen LogP contribution is 2.31. The fraction of sp³-hybridized carbons (Fsp3) is 0.714. The molecule has 2 aliphatic rings. The minimum absolute atomic E-state index is 0.574. The van der Waals surface area contributed by atoms with Gasteiger partial charge < -0.3 is 10.2 Å². The molecule has 2 atom stereocenters. The molecule has 4 rings (SSSR count). The monoisotopic (exact) mass is 287 g/mol. The summed E-state index contributed by atoms with van der Waals surface area (Å²) in [5.74, 6) is 0.989. The Morgan fingerprint density at radius 3 is 2.86 bits per heavy atom. The first-order valence-electron chi connectivity index (χ1n) is 7.91. The molecular weight excluding hydrogens is 266 g/mol. The standard InChI is InChI=1S/C14H21N7/c1-2-7-20(12-8-10-3-4-11(9-12)15-10)14-6-5-13-16-18-19-21(13)17-14/h5-6,10-12,15H,2-4,7-9H2,1H3. The van der Waals surface area contributed by atoms with Crippen LogP contribution in [-0.4, -0.2) is 49.9 Å². The lowest BCUT2D eigenvalue weighted by Crippen LogP contribution is -2.49. The van der Waals surface area contributed by atoms with Gasteiger partial charge in [0.05, 0.1) is 0 Å². The zero-order chi connectivity index (χ0) is 14.2. The van der Waals surface area contributed by atoms with Gasteiger partial charge in [-0.2, -0.15) is 0 Å². The Hall–Kier alpha value is -1.76. The van der Waals surface area contributed by atoms with E-state index in [0.29, 0.717) is 23.8 Å². The largest absolute Gasteiger partial charge is 0.352 e. The highest BCUT2D eigenvalue weighted by atomic mass is 15.6. The summed E-state index contributed by atoms with van der Waals surface area (Å²) in [5.41, 5.74) is 0.695. The van der Waals surface area contributed by atoms with Crippen molar-refractivity contribution < 1.29 is 0 Å². The maximum absolute atomic E-state index is 4.59. The highest BCUT2D eigenvalue weighted by Gasteiger charge is 2.36. The van der Waals surface area contributed by atoms with Gasteiger partial charge in [-0.1, -0.05) is 6.92 Å². The predicted molar refractivity (Wildman–Crippen MR) is 79.2 cm³/mol. The van der Waals surface area contributed by atoms with Crippen LogP contribution in [0, 0.1) is 0 Å². The zero-order valence-electron chi connectivity index (χ0n) is 12.3. The topological polar surface area (TPSA) is 71.2 Å². The van der Waals surface area contributed by atoms with Crippen LogP contribution in [0.1, 0.15) is 39.0 Å². The van der Waals surface area contributed by atoms with Gasteiger partial charge in [0.15, 0.2) is 11.5 Å². The van der Waals surface area contributed by atoms with Crippen LogP contribution in [0.2, 0.25) is 0 Å². The molecule has 0 saturated carbocycles. The smallest absolute Gasteiger partial charge is 0.200 e. The average molecular weight is 287 g/mol. The molecule has 1 N–H and O–H groups in total. The molecule has 2 fully saturated rings. The van der Waals surface area contributed by atoms with E-state index in [-0.39, 0.29) is 0 Å². The second kappa shape index (κ2) is 5.22. The summed E-state index contributed by atoms with van der Waals surface area (Å²) in [6.07, 6.45) is 6.19. The first-order valence-corrected chi connectivity index (χ1v) is 7.91. The number of hydrogen-bond donors (Lipinski definition) is 1. The number of hydrogen-bond acceptors (Lipinski definition) is 6. The quantitative estimate of drug-likeness (QED) is 0.905. The second-order valence-corrected chi connectivity index (χ2v) is 6.17. The lowest BCUT2D eigenvalue weighted by atomic mass is 9.98. The van der Waals surface area contributed by atoms with E-state index < -0.39 is 0 Å². The number of rotatable bonds is 4. The first-order chi connectivity index (χ1) is 10.3. The van der Waals surface area contributed by atoms with Gasteiger partial charge in [0.1, 0.15) is 0 Å². The number of nitrogens with zero attached hydrogens (tertiary/aromatic N) is 6. The van der Waals surface area contributed by atoms with Gasteiger partial charge in [0.2, 0.25) is 0 Å². The van der Waals surface area contributed by atoms with Gasteiger partial charge in [-0.15, -0.1) is 14.8 Å². The third-order valence-electron chi connectivity index (χ3n) is 4.70. The number of fused-ring (bicyclic) bond motifs is 3. The number of nitrogens with one attached hydrogen (secondary N) is 1. The molecule has 2 aromatic heterocycles. The van der Waals surface area contributed by atoms with Gasteiger partial charge in [0.25, 0.3) is 0 Å². The van der Waals surface area contributed by atoms with Crippen LogP contribution in [0.4, 0.5) is 5.82 Å². The molecule has 4 heterocycles. The molecule has 7 nitrogen and oxygen atoms in total. The van der Waals surface area contributed by atoms with Crippen molar-refractivity contribution in [1.82, 2.24) is 30.6 Å². The van der Waals surface area contributed by atoms with E-state index in [1.807, 2.05) is 12.1 Å². The molecule has 2 bridgehead atoms. The predicted octanol–water partition coefficient (Wildman–Crippen LogP) is 1.02. The number of tetrazole rings is 1. The van der Waals surface area contributed by atoms with Gasteiger partial charge in [-0.3, -0.25) is 0 Å². The number of piperidine rings is 1. The molecule has 0 amide bonds. The van der Waals surface area contributed by atoms with Crippen molar-refractivity contribution >= 4 is 11.5 Å². The fourth-order valence-corrected chi connectivity index (χ4v) is 3.80. The van der Waals surface area contributed by atoms with Crippen molar-refractivity contribution in [3.8, 4) is 0 Å². The maximum atomic E-state index is 4.59. The van der Waals surface area contributed by atoms with E-state index in [2.05, 4.69) is 37.8 Å². The Balaban J connectivity index is 1.63. The van der Waals surface area contributed by atoms with Crippen LogP contribution in [0.3, 0.4) is 0 Å². The van der Waals surface area contributed by atoms with Crippen LogP contribution in [0.5, 0.6) is 0 Å². The normalized spacial score (nSPS) is 28.1. The summed E-state index contributed by atoms with van der Waals surface area (Å²) >= 11 is 0. The van der Waals surface area contributed by atoms with E-state index in [1.165, 1.54) is 30.3 Å². The Labute approximate surface area is 123 Å². The summed E-state index contributed by atoms with van der Waals surface area (Å²) in [7, 11) is 0.